The fourth-order valence-corrected chi connectivity index (χ4v) is 3.45. The lowest BCUT2D eigenvalue weighted by molar-refractivity contribution is 0.547. The summed E-state index contributed by atoms with van der Waals surface area (Å²) in [6, 6.07) is 8.67. The zero-order chi connectivity index (χ0) is 19.3. The molecular formula is C20H15F2N3O3. The molecule has 0 amide bonds. The van der Waals surface area contributed by atoms with Crippen LogP contribution in [0.1, 0.15) is 0 Å². The van der Waals surface area contributed by atoms with Gasteiger partial charge in [0.15, 0.2) is 11.4 Å². The molecule has 1 fully saturated rings. The van der Waals surface area contributed by atoms with Gasteiger partial charge in [0.25, 0.3) is 0 Å². The second-order valence-electron chi connectivity index (χ2n) is 6.63. The fraction of sp³-hybridized carbons (Fsp3) is 0.200. The summed E-state index contributed by atoms with van der Waals surface area (Å²) in [6.45, 7) is 3.08. The van der Waals surface area contributed by atoms with Crippen molar-refractivity contribution < 1.29 is 17.6 Å². The molecule has 1 N–H and O–H groups in total. The summed E-state index contributed by atoms with van der Waals surface area (Å²) in [5.74, 6) is -1.19. The van der Waals surface area contributed by atoms with Crippen molar-refractivity contribution in [2.45, 2.75) is 0 Å². The highest BCUT2D eigenvalue weighted by atomic mass is 19.1. The minimum Gasteiger partial charge on any atom is -0.436 e. The standard InChI is InChI=1S/C20H15F2N3O3/c21-14-2-1-3-16-18(14)24-19(27-16)13-10-12-15(22)8-11(9-17(12)28-20(13)26)25-6-4-23-5-7-25/h1-3,8-10,23H,4-7H2. The van der Waals surface area contributed by atoms with E-state index in [1.54, 1.807) is 6.07 Å². The highest BCUT2D eigenvalue weighted by Crippen LogP contribution is 2.29. The third-order valence-electron chi connectivity index (χ3n) is 4.87. The molecule has 0 saturated carbocycles. The predicted molar refractivity (Wildman–Crippen MR) is 100 cm³/mol. The van der Waals surface area contributed by atoms with Crippen molar-refractivity contribution in [3.05, 3.63) is 58.5 Å². The average molecular weight is 383 g/mol. The van der Waals surface area contributed by atoms with Gasteiger partial charge in [0.1, 0.15) is 22.5 Å². The van der Waals surface area contributed by atoms with E-state index >= 15 is 0 Å². The molecule has 0 atom stereocenters. The summed E-state index contributed by atoms with van der Waals surface area (Å²) < 4.78 is 39.5. The molecule has 1 aliphatic heterocycles. The smallest absolute Gasteiger partial charge is 0.349 e. The molecule has 28 heavy (non-hydrogen) atoms. The summed E-state index contributed by atoms with van der Waals surface area (Å²) in [6.07, 6.45) is 0. The number of piperazine rings is 1. The Morgan fingerprint density at radius 2 is 1.82 bits per heavy atom. The van der Waals surface area contributed by atoms with E-state index in [4.69, 9.17) is 8.83 Å². The summed E-state index contributed by atoms with van der Waals surface area (Å²) in [4.78, 5) is 18.5. The van der Waals surface area contributed by atoms with Crippen LogP contribution < -0.4 is 15.8 Å². The second-order valence-corrected chi connectivity index (χ2v) is 6.63. The number of benzene rings is 2. The van der Waals surface area contributed by atoms with Crippen LogP contribution in [0.2, 0.25) is 0 Å². The fourth-order valence-electron chi connectivity index (χ4n) is 3.45. The molecule has 2 aromatic heterocycles. The number of halogens is 2. The third kappa shape index (κ3) is 2.73. The molecule has 142 valence electrons. The van der Waals surface area contributed by atoms with E-state index < -0.39 is 17.3 Å². The van der Waals surface area contributed by atoms with Gasteiger partial charge in [-0.05, 0) is 24.3 Å². The predicted octanol–water partition coefficient (Wildman–Crippen LogP) is 3.29. The molecule has 3 heterocycles. The monoisotopic (exact) mass is 383 g/mol. The van der Waals surface area contributed by atoms with Crippen molar-refractivity contribution in [3.8, 4) is 11.5 Å². The van der Waals surface area contributed by atoms with E-state index in [2.05, 4.69) is 10.3 Å². The zero-order valence-electron chi connectivity index (χ0n) is 14.7. The van der Waals surface area contributed by atoms with Crippen LogP contribution in [-0.2, 0) is 0 Å². The van der Waals surface area contributed by atoms with Crippen LogP contribution in [0.15, 0.2) is 50.0 Å². The maximum atomic E-state index is 14.8. The van der Waals surface area contributed by atoms with Gasteiger partial charge in [-0.2, -0.15) is 0 Å². The number of nitrogens with zero attached hydrogens (tertiary/aromatic N) is 2. The van der Waals surface area contributed by atoms with Crippen LogP contribution in [0.4, 0.5) is 14.5 Å². The second kappa shape index (κ2) is 6.42. The summed E-state index contributed by atoms with van der Waals surface area (Å²) >= 11 is 0. The Hall–Kier alpha value is -3.26. The lowest BCUT2D eigenvalue weighted by Crippen LogP contribution is -2.43. The van der Waals surface area contributed by atoms with Gasteiger partial charge in [0.2, 0.25) is 5.89 Å². The van der Waals surface area contributed by atoms with Gasteiger partial charge in [0.05, 0.1) is 5.39 Å². The molecule has 0 spiro atoms. The molecule has 5 rings (SSSR count). The molecule has 0 bridgehead atoms. The first-order valence-corrected chi connectivity index (χ1v) is 8.89. The summed E-state index contributed by atoms with van der Waals surface area (Å²) in [5, 5.41) is 3.37. The first-order valence-electron chi connectivity index (χ1n) is 8.89. The van der Waals surface area contributed by atoms with E-state index in [0.29, 0.717) is 5.69 Å². The third-order valence-corrected chi connectivity index (χ3v) is 4.87. The number of oxazole rings is 1. The van der Waals surface area contributed by atoms with Crippen molar-refractivity contribution in [2.75, 3.05) is 31.1 Å². The van der Waals surface area contributed by atoms with E-state index in [1.165, 1.54) is 30.3 Å². The topological polar surface area (TPSA) is 71.5 Å². The molecule has 1 saturated heterocycles. The van der Waals surface area contributed by atoms with Crippen molar-refractivity contribution in [1.82, 2.24) is 10.3 Å². The number of rotatable bonds is 2. The number of hydrogen-bond donors (Lipinski definition) is 1. The van der Waals surface area contributed by atoms with Crippen molar-refractivity contribution in [3.63, 3.8) is 0 Å². The molecule has 0 radical (unpaired) electrons. The highest BCUT2D eigenvalue weighted by molar-refractivity contribution is 5.85. The maximum absolute atomic E-state index is 14.8. The zero-order valence-corrected chi connectivity index (χ0v) is 14.7. The maximum Gasteiger partial charge on any atom is 0.349 e. The van der Waals surface area contributed by atoms with Crippen LogP contribution in [0.3, 0.4) is 0 Å². The van der Waals surface area contributed by atoms with Crippen LogP contribution in [0, 0.1) is 11.6 Å². The Balaban J connectivity index is 1.64. The number of nitrogens with one attached hydrogen (secondary N) is 1. The van der Waals surface area contributed by atoms with E-state index in [1.807, 2.05) is 4.90 Å². The molecule has 0 aliphatic carbocycles. The first kappa shape index (κ1) is 16.9. The minimum absolute atomic E-state index is 0.00604. The average Bonchev–Trinajstić information content (AvgIpc) is 3.13. The number of hydrogen-bond acceptors (Lipinski definition) is 6. The van der Waals surface area contributed by atoms with Crippen LogP contribution in [0.25, 0.3) is 33.5 Å². The Labute approximate surface area is 157 Å². The lowest BCUT2D eigenvalue weighted by atomic mass is 10.1. The Morgan fingerprint density at radius 3 is 2.61 bits per heavy atom. The van der Waals surface area contributed by atoms with Gasteiger partial charge in [-0.25, -0.2) is 18.6 Å². The Bertz CT molecular complexity index is 1260. The molecular weight excluding hydrogens is 368 g/mol. The molecule has 6 nitrogen and oxygen atoms in total. The van der Waals surface area contributed by atoms with Gasteiger partial charge in [-0.1, -0.05) is 6.07 Å². The van der Waals surface area contributed by atoms with Crippen molar-refractivity contribution in [1.29, 1.82) is 0 Å². The Morgan fingerprint density at radius 1 is 1.00 bits per heavy atom. The Kier molecular flexibility index (Phi) is 3.87. The largest absolute Gasteiger partial charge is 0.436 e. The number of anilines is 1. The van der Waals surface area contributed by atoms with Gasteiger partial charge in [-0.3, -0.25) is 0 Å². The van der Waals surface area contributed by atoms with Gasteiger partial charge >= 0.3 is 5.63 Å². The number of para-hydroxylation sites is 1. The van der Waals surface area contributed by atoms with E-state index in [9.17, 15) is 13.6 Å². The highest BCUT2D eigenvalue weighted by Gasteiger charge is 2.19. The molecule has 8 heteroatoms. The van der Waals surface area contributed by atoms with E-state index in [0.717, 1.165) is 26.2 Å². The lowest BCUT2D eigenvalue weighted by Gasteiger charge is -2.29. The minimum atomic E-state index is -0.726. The first-order chi connectivity index (χ1) is 13.6. The van der Waals surface area contributed by atoms with Crippen molar-refractivity contribution >= 4 is 27.8 Å². The van der Waals surface area contributed by atoms with Gasteiger partial charge in [0, 0.05) is 37.9 Å². The molecule has 4 aromatic rings. The van der Waals surface area contributed by atoms with Crippen molar-refractivity contribution in [2.24, 2.45) is 0 Å². The van der Waals surface area contributed by atoms with E-state index in [-0.39, 0.29) is 33.5 Å². The normalized spacial score (nSPS) is 14.9. The van der Waals surface area contributed by atoms with Crippen LogP contribution >= 0.6 is 0 Å². The molecule has 2 aromatic carbocycles. The molecule has 1 aliphatic rings. The van der Waals surface area contributed by atoms with Gasteiger partial charge in [-0.15, -0.1) is 0 Å². The number of fused-ring (bicyclic) bond motifs is 2. The van der Waals surface area contributed by atoms with Crippen LogP contribution in [0.5, 0.6) is 0 Å². The summed E-state index contributed by atoms with van der Waals surface area (Å²) in [5.41, 5.74) is 0.222. The summed E-state index contributed by atoms with van der Waals surface area (Å²) in [7, 11) is 0. The SMILES string of the molecule is O=c1oc2cc(N3CCNCC3)cc(F)c2cc1-c1nc2c(F)cccc2o1. The number of aromatic nitrogens is 1. The van der Waals surface area contributed by atoms with Crippen LogP contribution in [-0.4, -0.2) is 31.2 Å². The quantitative estimate of drug-likeness (QED) is 0.536. The van der Waals surface area contributed by atoms with Gasteiger partial charge < -0.3 is 19.1 Å². The molecule has 0 unspecified atom stereocenters.